The van der Waals surface area contributed by atoms with Crippen LogP contribution in [0.4, 0.5) is 0 Å². The fourth-order valence-electron chi connectivity index (χ4n) is 5.46. The zero-order chi connectivity index (χ0) is 24.2. The lowest BCUT2D eigenvalue weighted by Crippen LogP contribution is -2.58. The summed E-state index contributed by atoms with van der Waals surface area (Å²) in [6, 6.07) is 3.47. The van der Waals surface area contributed by atoms with Gasteiger partial charge >= 0.3 is 5.97 Å². The Bertz CT molecular complexity index is 918. The number of amides is 2. The Hall–Kier alpha value is -2.81. The number of rotatable bonds is 7. The molecule has 2 aliphatic heterocycles. The van der Waals surface area contributed by atoms with Gasteiger partial charge in [-0.2, -0.15) is 0 Å². The summed E-state index contributed by atoms with van der Waals surface area (Å²) < 4.78 is 10.7. The zero-order valence-electron chi connectivity index (χ0n) is 20.5. The Morgan fingerprint density at radius 1 is 1.15 bits per heavy atom. The average molecular weight is 473 g/mol. The van der Waals surface area contributed by atoms with Gasteiger partial charge in [-0.15, -0.1) is 0 Å². The highest BCUT2D eigenvalue weighted by Crippen LogP contribution is 2.41. The van der Waals surface area contributed by atoms with Crippen LogP contribution < -0.4 is 0 Å². The molecule has 2 amide bonds. The van der Waals surface area contributed by atoms with Crippen molar-refractivity contribution in [3.63, 3.8) is 0 Å². The van der Waals surface area contributed by atoms with Crippen LogP contribution in [0.5, 0.6) is 0 Å². The third-order valence-electron chi connectivity index (χ3n) is 7.12. The molecular formula is C25H36N4O5. The Morgan fingerprint density at radius 3 is 2.53 bits per heavy atom. The molecule has 2 unspecified atom stereocenters. The second-order valence-electron chi connectivity index (χ2n) is 9.50. The number of furan rings is 1. The zero-order valence-corrected chi connectivity index (χ0v) is 20.5. The lowest BCUT2D eigenvalue weighted by atomic mass is 9.76. The number of piperazine rings is 1. The minimum absolute atomic E-state index is 0.0946. The molecule has 186 valence electrons. The lowest BCUT2D eigenvalue weighted by molar-refractivity contribution is -0.145. The molecular weight excluding hydrogens is 436 g/mol. The van der Waals surface area contributed by atoms with Gasteiger partial charge in [-0.25, -0.2) is 4.79 Å². The third-order valence-corrected chi connectivity index (χ3v) is 7.12. The smallest absolute Gasteiger partial charge is 0.345 e. The quantitative estimate of drug-likeness (QED) is 0.442. The average Bonchev–Trinajstić information content (AvgIpc) is 3.37. The maximum absolute atomic E-state index is 13.7. The van der Waals surface area contributed by atoms with Crippen molar-refractivity contribution in [2.24, 2.45) is 5.92 Å². The minimum Gasteiger partial charge on any atom is -0.462 e. The summed E-state index contributed by atoms with van der Waals surface area (Å²) in [4.78, 5) is 47.5. The van der Waals surface area contributed by atoms with E-state index in [9.17, 15) is 14.4 Å². The summed E-state index contributed by atoms with van der Waals surface area (Å²) in [6.45, 7) is 5.47. The molecule has 1 saturated carbocycles. The van der Waals surface area contributed by atoms with E-state index in [4.69, 9.17) is 9.15 Å². The summed E-state index contributed by atoms with van der Waals surface area (Å²) >= 11 is 0. The monoisotopic (exact) mass is 472 g/mol. The first-order valence-electron chi connectivity index (χ1n) is 12.4. The first-order chi connectivity index (χ1) is 16.4. The SMILES string of the molecule is CCOC(=O)C1=C(N2CCN(C(=O)c3ccco3)CC2)C2CCCCC2N(CCN(C)C)C1=O. The number of nitrogens with zero attached hydrogens (tertiary/aromatic N) is 4. The van der Waals surface area contributed by atoms with E-state index in [2.05, 4.69) is 9.80 Å². The standard InChI is InChI=1S/C25H36N4O5/c1-4-33-25(32)21-22(27-12-14-28(15-13-27)23(30)20-10-7-17-34-20)18-8-5-6-9-19(18)29(24(21)31)16-11-26(2)3/h7,10,17-19H,4-6,8-9,11-16H2,1-3H3. The van der Waals surface area contributed by atoms with Crippen LogP contribution in [0.3, 0.4) is 0 Å². The van der Waals surface area contributed by atoms with Crippen molar-refractivity contribution >= 4 is 17.8 Å². The summed E-state index contributed by atoms with van der Waals surface area (Å²) in [6.07, 6.45) is 5.55. The van der Waals surface area contributed by atoms with Crippen LogP contribution >= 0.6 is 0 Å². The fraction of sp³-hybridized carbons (Fsp3) is 0.640. The van der Waals surface area contributed by atoms with E-state index in [1.54, 1.807) is 24.0 Å². The van der Waals surface area contributed by atoms with Crippen LogP contribution in [-0.4, -0.2) is 103 Å². The molecule has 9 heteroatoms. The van der Waals surface area contributed by atoms with E-state index in [0.717, 1.165) is 37.9 Å². The molecule has 0 aromatic carbocycles. The minimum atomic E-state index is -0.532. The van der Waals surface area contributed by atoms with Crippen molar-refractivity contribution in [1.82, 2.24) is 19.6 Å². The van der Waals surface area contributed by atoms with Crippen LogP contribution in [-0.2, 0) is 14.3 Å². The van der Waals surface area contributed by atoms with Crippen molar-refractivity contribution in [3.8, 4) is 0 Å². The number of fused-ring (bicyclic) bond motifs is 1. The van der Waals surface area contributed by atoms with Crippen molar-refractivity contribution in [3.05, 3.63) is 35.4 Å². The lowest BCUT2D eigenvalue weighted by Gasteiger charge is -2.49. The predicted molar refractivity (Wildman–Crippen MR) is 126 cm³/mol. The number of likely N-dealkylation sites (N-methyl/N-ethyl adjacent to an activating group) is 1. The third kappa shape index (κ3) is 4.85. The number of ether oxygens (including phenoxy) is 1. The highest BCUT2D eigenvalue weighted by Gasteiger charge is 2.47. The second kappa shape index (κ2) is 10.6. The van der Waals surface area contributed by atoms with Gasteiger partial charge in [-0.05, 0) is 46.0 Å². The molecule has 1 aromatic heterocycles. The van der Waals surface area contributed by atoms with E-state index in [1.807, 2.05) is 19.0 Å². The summed E-state index contributed by atoms with van der Waals surface area (Å²) in [7, 11) is 3.98. The molecule has 9 nitrogen and oxygen atoms in total. The molecule has 1 aromatic rings. The summed E-state index contributed by atoms with van der Waals surface area (Å²) in [5, 5.41) is 0. The second-order valence-corrected chi connectivity index (χ2v) is 9.50. The molecule has 2 atom stereocenters. The predicted octanol–water partition coefficient (Wildman–Crippen LogP) is 1.82. The van der Waals surface area contributed by atoms with E-state index < -0.39 is 5.97 Å². The van der Waals surface area contributed by atoms with Crippen molar-refractivity contribution in [2.75, 3.05) is 60.0 Å². The van der Waals surface area contributed by atoms with Crippen LogP contribution in [0.2, 0.25) is 0 Å². The van der Waals surface area contributed by atoms with E-state index >= 15 is 0 Å². The van der Waals surface area contributed by atoms with Gasteiger partial charge in [-0.3, -0.25) is 9.59 Å². The van der Waals surface area contributed by atoms with E-state index in [1.165, 1.54) is 6.26 Å². The Morgan fingerprint density at radius 2 is 1.88 bits per heavy atom. The van der Waals surface area contributed by atoms with Crippen LogP contribution in [0.25, 0.3) is 0 Å². The number of hydrogen-bond donors (Lipinski definition) is 0. The van der Waals surface area contributed by atoms with Gasteiger partial charge in [0.1, 0.15) is 5.57 Å². The van der Waals surface area contributed by atoms with Crippen LogP contribution in [0, 0.1) is 5.92 Å². The van der Waals surface area contributed by atoms with Gasteiger partial charge in [0, 0.05) is 56.9 Å². The van der Waals surface area contributed by atoms with Crippen molar-refractivity contribution < 1.29 is 23.5 Å². The van der Waals surface area contributed by atoms with Crippen LogP contribution in [0.1, 0.15) is 43.2 Å². The molecule has 3 heterocycles. The highest BCUT2D eigenvalue weighted by molar-refractivity contribution is 6.17. The van der Waals surface area contributed by atoms with Crippen molar-refractivity contribution in [2.45, 2.75) is 38.6 Å². The first kappa shape index (κ1) is 24.3. The largest absolute Gasteiger partial charge is 0.462 e. The van der Waals surface area contributed by atoms with Gasteiger partial charge in [0.25, 0.3) is 11.8 Å². The molecule has 1 aliphatic carbocycles. The molecule has 0 bridgehead atoms. The number of carbonyl (C=O) groups excluding carboxylic acids is 3. The molecule has 0 radical (unpaired) electrons. The van der Waals surface area contributed by atoms with Crippen molar-refractivity contribution in [1.29, 1.82) is 0 Å². The maximum atomic E-state index is 13.7. The van der Waals surface area contributed by atoms with E-state index in [0.29, 0.717) is 38.5 Å². The van der Waals surface area contributed by atoms with Gasteiger partial charge in [0.15, 0.2) is 5.76 Å². The molecule has 0 spiro atoms. The topological polar surface area (TPSA) is 86.5 Å². The Kier molecular flexibility index (Phi) is 7.60. The molecule has 34 heavy (non-hydrogen) atoms. The van der Waals surface area contributed by atoms with Gasteiger partial charge in [-0.1, -0.05) is 12.8 Å². The molecule has 4 rings (SSSR count). The number of carbonyl (C=O) groups is 3. The van der Waals surface area contributed by atoms with Gasteiger partial charge in [0.2, 0.25) is 0 Å². The summed E-state index contributed by atoms with van der Waals surface area (Å²) in [5.41, 5.74) is 1.02. The van der Waals surface area contributed by atoms with Crippen LogP contribution in [0.15, 0.2) is 34.1 Å². The Balaban J connectivity index is 1.62. The summed E-state index contributed by atoms with van der Waals surface area (Å²) in [5.74, 6) is -0.436. The maximum Gasteiger partial charge on any atom is 0.345 e. The first-order valence-corrected chi connectivity index (χ1v) is 12.4. The Labute approximate surface area is 201 Å². The van der Waals surface area contributed by atoms with Gasteiger partial charge < -0.3 is 28.8 Å². The normalized spacial score (nSPS) is 23.4. The molecule has 1 saturated heterocycles. The molecule has 2 fully saturated rings. The highest BCUT2D eigenvalue weighted by atomic mass is 16.5. The number of hydrogen-bond acceptors (Lipinski definition) is 7. The molecule has 3 aliphatic rings. The molecule has 0 N–H and O–H groups in total. The number of esters is 1. The van der Waals surface area contributed by atoms with E-state index in [-0.39, 0.29) is 36.0 Å². The fourth-order valence-corrected chi connectivity index (χ4v) is 5.46. The van der Waals surface area contributed by atoms with Gasteiger partial charge in [0.05, 0.1) is 12.9 Å².